The number of amides is 1. The van der Waals surface area contributed by atoms with Crippen molar-refractivity contribution in [3.05, 3.63) is 66.1 Å². The van der Waals surface area contributed by atoms with Gasteiger partial charge in [-0.1, -0.05) is 12.1 Å². The summed E-state index contributed by atoms with van der Waals surface area (Å²) < 4.78 is 20.4. The molecule has 0 saturated heterocycles. The number of carboxylic acid groups (broad SMARTS) is 1. The molecule has 29 heavy (non-hydrogen) atoms. The van der Waals surface area contributed by atoms with Gasteiger partial charge in [0.05, 0.1) is 21.6 Å². The average Bonchev–Trinajstić information content (AvgIpc) is 3.05. The number of benzene rings is 2. The van der Waals surface area contributed by atoms with Gasteiger partial charge in [0.1, 0.15) is 22.1 Å². The SMILES string of the molecule is COc1c(Br)cc(Br)c(C(=O)Nc2scc(-c3cccc(F)c3)c2C(=O)O)c1Br. The topological polar surface area (TPSA) is 75.6 Å². The van der Waals surface area contributed by atoms with Gasteiger partial charge in [-0.25, -0.2) is 9.18 Å². The highest BCUT2D eigenvalue weighted by Crippen LogP contribution is 2.41. The van der Waals surface area contributed by atoms with Crippen LogP contribution in [0.3, 0.4) is 0 Å². The van der Waals surface area contributed by atoms with Crippen molar-refractivity contribution < 1.29 is 23.8 Å². The first kappa shape index (κ1) is 21.9. The second kappa shape index (κ2) is 8.95. The summed E-state index contributed by atoms with van der Waals surface area (Å²) in [5.41, 5.74) is 0.864. The zero-order chi connectivity index (χ0) is 21.3. The van der Waals surface area contributed by atoms with Crippen LogP contribution < -0.4 is 10.1 Å². The predicted molar refractivity (Wildman–Crippen MR) is 121 cm³/mol. The van der Waals surface area contributed by atoms with E-state index >= 15 is 0 Å². The van der Waals surface area contributed by atoms with Gasteiger partial charge in [-0.3, -0.25) is 4.79 Å². The molecule has 0 radical (unpaired) electrons. The molecule has 3 rings (SSSR count). The van der Waals surface area contributed by atoms with Gasteiger partial charge in [-0.15, -0.1) is 11.3 Å². The molecule has 3 aromatic rings. The molecular weight excluding hydrogens is 597 g/mol. The highest BCUT2D eigenvalue weighted by atomic mass is 79.9. The Morgan fingerprint density at radius 1 is 1.14 bits per heavy atom. The molecule has 0 saturated carbocycles. The smallest absolute Gasteiger partial charge is 0.339 e. The number of aromatic carboxylic acids is 1. The van der Waals surface area contributed by atoms with Crippen LogP contribution >= 0.6 is 59.1 Å². The summed E-state index contributed by atoms with van der Waals surface area (Å²) in [4.78, 5) is 24.8. The summed E-state index contributed by atoms with van der Waals surface area (Å²) in [5, 5.41) is 14.0. The van der Waals surface area contributed by atoms with E-state index < -0.39 is 17.7 Å². The molecule has 1 aromatic heterocycles. The number of anilines is 1. The van der Waals surface area contributed by atoms with E-state index in [0.717, 1.165) is 11.3 Å². The summed E-state index contributed by atoms with van der Waals surface area (Å²) in [6.45, 7) is 0. The van der Waals surface area contributed by atoms with E-state index in [1.54, 1.807) is 17.5 Å². The van der Waals surface area contributed by atoms with Gasteiger partial charge >= 0.3 is 5.97 Å². The zero-order valence-electron chi connectivity index (χ0n) is 14.6. The third-order valence-electron chi connectivity index (χ3n) is 3.93. The van der Waals surface area contributed by atoms with Crippen LogP contribution in [0, 0.1) is 5.82 Å². The third-order valence-corrected chi connectivity index (χ3v) is 6.79. The van der Waals surface area contributed by atoms with Gasteiger partial charge in [-0.2, -0.15) is 0 Å². The van der Waals surface area contributed by atoms with Crippen LogP contribution in [0.5, 0.6) is 5.75 Å². The minimum atomic E-state index is -1.23. The maximum Gasteiger partial charge on any atom is 0.339 e. The van der Waals surface area contributed by atoms with Gasteiger partial charge < -0.3 is 15.2 Å². The van der Waals surface area contributed by atoms with Crippen molar-refractivity contribution in [1.29, 1.82) is 0 Å². The Morgan fingerprint density at radius 3 is 2.48 bits per heavy atom. The largest absolute Gasteiger partial charge is 0.494 e. The predicted octanol–water partition coefficient (Wildman–Crippen LogP) is 6.80. The number of carboxylic acids is 1. The molecule has 2 N–H and O–H groups in total. The number of hydrogen-bond acceptors (Lipinski definition) is 4. The molecule has 150 valence electrons. The molecule has 0 atom stereocenters. The Labute approximate surface area is 194 Å². The van der Waals surface area contributed by atoms with Gasteiger partial charge in [-0.05, 0) is 71.6 Å². The Morgan fingerprint density at radius 2 is 1.86 bits per heavy atom. The highest BCUT2D eigenvalue weighted by molar-refractivity contribution is 9.11. The second-order valence-corrected chi connectivity index (χ2v) is 9.07. The number of nitrogens with one attached hydrogen (secondary N) is 1. The molecular formula is C19H11Br3FNO4S. The Kier molecular flexibility index (Phi) is 6.77. The monoisotopic (exact) mass is 605 g/mol. The van der Waals surface area contributed by atoms with E-state index in [-0.39, 0.29) is 16.1 Å². The quantitative estimate of drug-likeness (QED) is 0.335. The van der Waals surface area contributed by atoms with E-state index in [1.807, 2.05) is 0 Å². The van der Waals surface area contributed by atoms with Crippen molar-refractivity contribution in [2.24, 2.45) is 0 Å². The normalized spacial score (nSPS) is 10.7. The van der Waals surface area contributed by atoms with E-state index in [1.165, 1.54) is 25.3 Å². The number of halogens is 4. The molecule has 1 heterocycles. The van der Waals surface area contributed by atoms with Crippen LogP contribution in [0.4, 0.5) is 9.39 Å². The molecule has 0 unspecified atom stereocenters. The highest BCUT2D eigenvalue weighted by Gasteiger charge is 2.25. The first-order chi connectivity index (χ1) is 13.7. The summed E-state index contributed by atoms with van der Waals surface area (Å²) in [6.07, 6.45) is 0. The van der Waals surface area contributed by atoms with Crippen LogP contribution in [0.2, 0.25) is 0 Å². The Balaban J connectivity index is 2.04. The van der Waals surface area contributed by atoms with E-state index in [2.05, 4.69) is 53.1 Å². The Bertz CT molecular complexity index is 1130. The molecule has 0 aliphatic heterocycles. The van der Waals surface area contributed by atoms with E-state index in [9.17, 15) is 19.1 Å². The van der Waals surface area contributed by atoms with Crippen molar-refractivity contribution in [1.82, 2.24) is 0 Å². The van der Waals surface area contributed by atoms with Crippen molar-refractivity contribution in [3.63, 3.8) is 0 Å². The minimum Gasteiger partial charge on any atom is -0.494 e. The fourth-order valence-electron chi connectivity index (χ4n) is 2.66. The van der Waals surface area contributed by atoms with E-state index in [4.69, 9.17) is 4.74 Å². The van der Waals surface area contributed by atoms with Crippen LogP contribution in [0.1, 0.15) is 20.7 Å². The van der Waals surface area contributed by atoms with Gasteiger partial charge in [0.15, 0.2) is 0 Å². The maximum absolute atomic E-state index is 13.6. The molecule has 10 heteroatoms. The van der Waals surface area contributed by atoms with Crippen molar-refractivity contribution in [2.75, 3.05) is 12.4 Å². The van der Waals surface area contributed by atoms with Crippen molar-refractivity contribution in [2.45, 2.75) is 0 Å². The molecule has 0 aliphatic carbocycles. The lowest BCUT2D eigenvalue weighted by Gasteiger charge is -2.13. The van der Waals surface area contributed by atoms with Gasteiger partial charge in [0.2, 0.25) is 0 Å². The lowest BCUT2D eigenvalue weighted by molar-refractivity contribution is 0.0699. The number of hydrogen-bond donors (Lipinski definition) is 2. The zero-order valence-corrected chi connectivity index (χ0v) is 20.1. The lowest BCUT2D eigenvalue weighted by Crippen LogP contribution is -2.15. The summed E-state index contributed by atoms with van der Waals surface area (Å²) >= 11 is 11.1. The molecule has 0 fully saturated rings. The van der Waals surface area contributed by atoms with Crippen LogP contribution in [0.15, 0.2) is 49.1 Å². The van der Waals surface area contributed by atoms with Crippen molar-refractivity contribution >= 4 is 76.0 Å². The maximum atomic E-state index is 13.6. The standard InChI is InChI=1S/C19H11Br3FNO4S/c1-28-16-12(21)6-11(20)14(15(16)22)17(25)24-18-13(19(26)27)10(7-29-18)8-3-2-4-9(23)5-8/h2-7H,1H3,(H,24,25)(H,26,27). The Hall–Kier alpha value is -1.75. The first-order valence-corrected chi connectivity index (χ1v) is 11.1. The fourth-order valence-corrected chi connectivity index (χ4v) is 6.42. The van der Waals surface area contributed by atoms with Crippen LogP contribution in [0.25, 0.3) is 11.1 Å². The number of ether oxygens (including phenoxy) is 1. The third kappa shape index (κ3) is 4.40. The fraction of sp³-hybridized carbons (Fsp3) is 0.0526. The number of carbonyl (C=O) groups is 2. The van der Waals surface area contributed by atoms with Crippen LogP contribution in [-0.2, 0) is 0 Å². The number of methoxy groups -OCH3 is 1. The second-order valence-electron chi connectivity index (χ2n) is 5.69. The first-order valence-electron chi connectivity index (χ1n) is 7.88. The molecule has 5 nitrogen and oxygen atoms in total. The molecule has 2 aromatic carbocycles. The number of rotatable bonds is 5. The summed E-state index contributed by atoms with van der Waals surface area (Å²) in [6, 6.07) is 7.27. The van der Waals surface area contributed by atoms with Crippen LogP contribution in [-0.4, -0.2) is 24.1 Å². The molecule has 0 bridgehead atoms. The van der Waals surface area contributed by atoms with E-state index in [0.29, 0.717) is 30.3 Å². The number of carbonyl (C=O) groups excluding carboxylic acids is 1. The molecule has 0 aliphatic rings. The van der Waals surface area contributed by atoms with Crippen molar-refractivity contribution in [3.8, 4) is 16.9 Å². The molecule has 0 spiro atoms. The lowest BCUT2D eigenvalue weighted by atomic mass is 10.0. The molecule has 1 amide bonds. The van der Waals surface area contributed by atoms with Gasteiger partial charge in [0.25, 0.3) is 5.91 Å². The average molecular weight is 608 g/mol. The minimum absolute atomic E-state index is 0.106. The van der Waals surface area contributed by atoms with Gasteiger partial charge in [0, 0.05) is 15.4 Å². The number of thiophene rings is 1. The summed E-state index contributed by atoms with van der Waals surface area (Å²) in [5.74, 6) is -1.83. The summed E-state index contributed by atoms with van der Waals surface area (Å²) in [7, 11) is 1.47.